The predicted octanol–water partition coefficient (Wildman–Crippen LogP) is 2.67. The van der Waals surface area contributed by atoms with Crippen molar-refractivity contribution in [2.75, 3.05) is 27.1 Å². The molecule has 0 fully saturated rings. The highest BCUT2D eigenvalue weighted by molar-refractivity contribution is 6.04. The van der Waals surface area contributed by atoms with Gasteiger partial charge in [-0.2, -0.15) is 0 Å². The van der Waals surface area contributed by atoms with Gasteiger partial charge in [-0.05, 0) is 36.8 Å². The molecule has 0 bridgehead atoms. The lowest BCUT2D eigenvalue weighted by Crippen LogP contribution is -2.33. The summed E-state index contributed by atoms with van der Waals surface area (Å²) in [5.74, 6) is 1.13. The largest absolute Gasteiger partial charge is 0.463 e. The molecule has 1 amide bonds. The number of ether oxygens (including phenoxy) is 4. The van der Waals surface area contributed by atoms with E-state index >= 15 is 0 Å². The molecular weight excluding hydrogens is 348 g/mol. The number of hydrogen-bond acceptors (Lipinski definition) is 6. The second-order valence-corrected chi connectivity index (χ2v) is 5.97. The lowest BCUT2D eigenvalue weighted by atomic mass is 10.1. The minimum Gasteiger partial charge on any atom is -0.463 e. The molecule has 142 valence electrons. The molecule has 1 heterocycles. The van der Waals surface area contributed by atoms with Gasteiger partial charge in [0.15, 0.2) is 11.5 Å². The molecule has 0 radical (unpaired) electrons. The van der Waals surface area contributed by atoms with Crippen LogP contribution in [0.25, 0.3) is 0 Å². The Morgan fingerprint density at radius 3 is 2.81 bits per heavy atom. The maximum absolute atomic E-state index is 12.5. The number of benzene rings is 2. The van der Waals surface area contributed by atoms with Gasteiger partial charge in [0, 0.05) is 12.7 Å². The molecule has 0 saturated heterocycles. The van der Waals surface area contributed by atoms with E-state index in [1.54, 1.807) is 19.2 Å². The van der Waals surface area contributed by atoms with E-state index in [1.165, 1.54) is 0 Å². The summed E-state index contributed by atoms with van der Waals surface area (Å²) in [6, 6.07) is 13.1. The third-order valence-corrected chi connectivity index (χ3v) is 3.87. The molecule has 0 aromatic heterocycles. The molecule has 2 aromatic rings. The maximum atomic E-state index is 12.5. The van der Waals surface area contributed by atoms with Crippen LogP contribution in [0.15, 0.2) is 47.5 Å². The standard InChI is InChI=1S/C20H22N2O5/c1-14-4-3-5-16(10-14)19(23)22-20(25-9-8-24-2)21-12-15-6-7-17-18(11-15)27-13-26-17/h3-7,10-11H,8-9,12-13H2,1-2H3,(H,21,22,23). The van der Waals surface area contributed by atoms with Crippen molar-refractivity contribution in [1.29, 1.82) is 0 Å². The molecule has 2 aromatic carbocycles. The van der Waals surface area contributed by atoms with Crippen molar-refractivity contribution in [2.45, 2.75) is 13.5 Å². The van der Waals surface area contributed by atoms with Crippen LogP contribution in [0.2, 0.25) is 0 Å². The maximum Gasteiger partial charge on any atom is 0.292 e. The van der Waals surface area contributed by atoms with Crippen molar-refractivity contribution in [3.8, 4) is 11.5 Å². The van der Waals surface area contributed by atoms with E-state index in [-0.39, 0.29) is 25.3 Å². The molecule has 27 heavy (non-hydrogen) atoms. The summed E-state index contributed by atoms with van der Waals surface area (Å²) in [6.45, 7) is 3.15. The lowest BCUT2D eigenvalue weighted by molar-refractivity contribution is 0.0953. The van der Waals surface area contributed by atoms with Gasteiger partial charge < -0.3 is 18.9 Å². The van der Waals surface area contributed by atoms with Crippen LogP contribution >= 0.6 is 0 Å². The van der Waals surface area contributed by atoms with Crippen LogP contribution < -0.4 is 14.8 Å². The Kier molecular flexibility index (Phi) is 6.27. The molecule has 1 aliphatic heterocycles. The summed E-state index contributed by atoms with van der Waals surface area (Å²) in [6.07, 6.45) is 0. The van der Waals surface area contributed by atoms with E-state index in [1.807, 2.05) is 37.3 Å². The summed E-state index contributed by atoms with van der Waals surface area (Å²) in [7, 11) is 1.58. The van der Waals surface area contributed by atoms with Gasteiger partial charge in [0.2, 0.25) is 6.79 Å². The second-order valence-electron chi connectivity index (χ2n) is 5.97. The van der Waals surface area contributed by atoms with E-state index in [2.05, 4.69) is 10.3 Å². The number of hydrogen-bond donors (Lipinski definition) is 1. The first-order chi connectivity index (χ1) is 13.2. The third-order valence-electron chi connectivity index (χ3n) is 3.87. The number of amidine groups is 1. The molecule has 0 saturated carbocycles. The van der Waals surface area contributed by atoms with Gasteiger partial charge in [-0.3, -0.25) is 10.1 Å². The van der Waals surface area contributed by atoms with Gasteiger partial charge in [-0.25, -0.2) is 4.99 Å². The molecule has 1 aliphatic rings. The summed E-state index contributed by atoms with van der Waals surface area (Å²) in [5.41, 5.74) is 2.46. The number of fused-ring (bicyclic) bond motifs is 1. The first-order valence-corrected chi connectivity index (χ1v) is 8.58. The van der Waals surface area contributed by atoms with Gasteiger partial charge >= 0.3 is 0 Å². The van der Waals surface area contributed by atoms with Gasteiger partial charge in [0.25, 0.3) is 11.9 Å². The lowest BCUT2D eigenvalue weighted by Gasteiger charge is -2.11. The van der Waals surface area contributed by atoms with E-state index < -0.39 is 0 Å². The molecule has 0 spiro atoms. The summed E-state index contributed by atoms with van der Waals surface area (Å²) in [4.78, 5) is 16.9. The molecule has 0 unspecified atom stereocenters. The fourth-order valence-corrected chi connectivity index (χ4v) is 2.50. The Labute approximate surface area is 157 Å². The number of aliphatic imine (C=N–C) groups is 1. The monoisotopic (exact) mass is 370 g/mol. The Hall–Kier alpha value is -3.06. The Morgan fingerprint density at radius 2 is 2.00 bits per heavy atom. The minimum absolute atomic E-state index is 0.149. The van der Waals surface area contributed by atoms with Crippen LogP contribution in [0.1, 0.15) is 21.5 Å². The predicted molar refractivity (Wildman–Crippen MR) is 100 cm³/mol. The number of methoxy groups -OCH3 is 1. The average molecular weight is 370 g/mol. The summed E-state index contributed by atoms with van der Waals surface area (Å²) in [5, 5.41) is 2.72. The van der Waals surface area contributed by atoms with Gasteiger partial charge in [-0.15, -0.1) is 0 Å². The summed E-state index contributed by atoms with van der Waals surface area (Å²) < 4.78 is 21.2. The van der Waals surface area contributed by atoms with E-state index in [9.17, 15) is 4.79 Å². The van der Waals surface area contributed by atoms with Crippen LogP contribution in [-0.4, -0.2) is 39.0 Å². The number of carbonyl (C=O) groups is 1. The number of rotatable bonds is 6. The topological polar surface area (TPSA) is 78.4 Å². The fourth-order valence-electron chi connectivity index (χ4n) is 2.50. The van der Waals surface area contributed by atoms with Crippen LogP contribution in [0.4, 0.5) is 0 Å². The third kappa shape index (κ3) is 5.21. The zero-order valence-corrected chi connectivity index (χ0v) is 15.4. The highest BCUT2D eigenvalue weighted by Gasteiger charge is 2.14. The highest BCUT2D eigenvalue weighted by Crippen LogP contribution is 2.32. The number of nitrogens with one attached hydrogen (secondary N) is 1. The van der Waals surface area contributed by atoms with Crippen molar-refractivity contribution in [3.63, 3.8) is 0 Å². The highest BCUT2D eigenvalue weighted by atomic mass is 16.7. The molecule has 7 heteroatoms. The zero-order valence-electron chi connectivity index (χ0n) is 15.4. The normalized spacial score (nSPS) is 12.7. The number of nitrogens with zero attached hydrogens (tertiary/aromatic N) is 1. The Morgan fingerprint density at radius 1 is 1.15 bits per heavy atom. The molecule has 7 nitrogen and oxygen atoms in total. The quantitative estimate of drug-likeness (QED) is 0.481. The van der Waals surface area contributed by atoms with Crippen LogP contribution in [-0.2, 0) is 16.0 Å². The molecule has 0 atom stereocenters. The van der Waals surface area contributed by atoms with Crippen LogP contribution in [0.3, 0.4) is 0 Å². The Bertz CT molecular complexity index is 835. The molecular formula is C20H22N2O5. The van der Waals surface area contributed by atoms with Gasteiger partial charge in [0.05, 0.1) is 13.2 Å². The number of carbonyl (C=O) groups excluding carboxylic acids is 1. The number of amides is 1. The fraction of sp³-hybridized carbons (Fsp3) is 0.300. The second kappa shape index (κ2) is 9.05. The van der Waals surface area contributed by atoms with E-state index in [4.69, 9.17) is 18.9 Å². The first kappa shape index (κ1) is 18.7. The van der Waals surface area contributed by atoms with E-state index in [0.29, 0.717) is 30.2 Å². The van der Waals surface area contributed by atoms with Crippen molar-refractivity contribution in [2.24, 2.45) is 4.99 Å². The molecule has 1 N–H and O–H groups in total. The van der Waals surface area contributed by atoms with Crippen molar-refractivity contribution >= 4 is 11.9 Å². The van der Waals surface area contributed by atoms with Crippen molar-refractivity contribution < 1.29 is 23.7 Å². The average Bonchev–Trinajstić information content (AvgIpc) is 3.14. The van der Waals surface area contributed by atoms with Crippen molar-refractivity contribution in [1.82, 2.24) is 5.32 Å². The van der Waals surface area contributed by atoms with E-state index in [0.717, 1.165) is 11.1 Å². The number of aryl methyl sites for hydroxylation is 1. The summed E-state index contributed by atoms with van der Waals surface area (Å²) >= 11 is 0. The van der Waals surface area contributed by atoms with Gasteiger partial charge in [0.1, 0.15) is 6.61 Å². The smallest absolute Gasteiger partial charge is 0.292 e. The Balaban J connectivity index is 1.69. The minimum atomic E-state index is -0.277. The molecule has 3 rings (SSSR count). The first-order valence-electron chi connectivity index (χ1n) is 8.58. The van der Waals surface area contributed by atoms with Crippen molar-refractivity contribution in [3.05, 3.63) is 59.2 Å². The SMILES string of the molecule is COCCOC(=NCc1ccc2c(c1)OCO2)NC(=O)c1cccc(C)c1. The van der Waals surface area contributed by atoms with Crippen LogP contribution in [0.5, 0.6) is 11.5 Å². The molecule has 0 aliphatic carbocycles. The zero-order chi connectivity index (χ0) is 19.1. The van der Waals surface area contributed by atoms with Crippen LogP contribution in [0, 0.1) is 6.92 Å². The van der Waals surface area contributed by atoms with Gasteiger partial charge in [-0.1, -0.05) is 23.8 Å².